The van der Waals surface area contributed by atoms with Gasteiger partial charge in [0.05, 0.1) is 10.5 Å². The van der Waals surface area contributed by atoms with E-state index in [1.165, 1.54) is 0 Å². The Morgan fingerprint density at radius 3 is 2.40 bits per heavy atom. The van der Waals surface area contributed by atoms with Gasteiger partial charge in [0.25, 0.3) is 0 Å². The molecule has 1 atom stereocenters. The number of alkyl halides is 3. The van der Waals surface area contributed by atoms with Gasteiger partial charge in [0.15, 0.2) is 9.58 Å². The van der Waals surface area contributed by atoms with Gasteiger partial charge in [-0.1, -0.05) is 32.4 Å². The van der Waals surface area contributed by atoms with Crippen molar-refractivity contribution in [1.82, 2.24) is 0 Å². The molecule has 0 fully saturated rings. The number of thiophene rings is 1. The molecule has 1 heterocycles. The predicted octanol–water partition coefficient (Wildman–Crippen LogP) is 2.97. The molecule has 20 heavy (non-hydrogen) atoms. The van der Waals surface area contributed by atoms with Crippen LogP contribution in [-0.4, -0.2) is 0 Å². The molecule has 0 saturated heterocycles. The first kappa shape index (κ1) is 17.5. The lowest BCUT2D eigenvalue weighted by Gasteiger charge is -2.00. The molecule has 0 N–H and O–H groups in total. The van der Waals surface area contributed by atoms with Crippen LogP contribution in [0.1, 0.15) is 37.1 Å². The van der Waals surface area contributed by atoms with Gasteiger partial charge in [0.1, 0.15) is 0 Å². The molecule has 0 aliphatic carbocycles. The average Bonchev–Trinajstić information content (AvgIpc) is 2.73. The summed E-state index contributed by atoms with van der Waals surface area (Å²) in [7, 11) is -1.71. The van der Waals surface area contributed by atoms with Gasteiger partial charge in [-0.25, -0.2) is 0 Å². The van der Waals surface area contributed by atoms with E-state index in [1.807, 2.05) is 19.9 Å². The molecular formula is C15H18BrF3S. The predicted molar refractivity (Wildman–Crippen MR) is 75.7 cm³/mol. The van der Waals surface area contributed by atoms with Crippen molar-refractivity contribution in [3.63, 3.8) is 0 Å². The highest BCUT2D eigenvalue weighted by atomic mass is 79.9. The zero-order valence-corrected chi connectivity index (χ0v) is 14.0. The highest BCUT2D eigenvalue weighted by molar-refractivity contribution is 7.38. The van der Waals surface area contributed by atoms with Gasteiger partial charge in [0.2, 0.25) is 0 Å². The second kappa shape index (κ2) is 6.94. The van der Waals surface area contributed by atoms with E-state index in [-0.39, 0.29) is 17.0 Å². The third-order valence-electron chi connectivity index (χ3n) is 3.33. The third kappa shape index (κ3) is 3.37. The van der Waals surface area contributed by atoms with Crippen LogP contribution in [0.25, 0.3) is 10.1 Å². The lowest BCUT2D eigenvalue weighted by molar-refractivity contribution is -0.0867. The van der Waals surface area contributed by atoms with Crippen molar-refractivity contribution in [2.24, 2.45) is 0 Å². The summed E-state index contributed by atoms with van der Waals surface area (Å²) >= 11 is 0. The Balaban J connectivity index is 0.00000200. The topological polar surface area (TPSA) is 0 Å². The third-order valence-corrected chi connectivity index (χ3v) is 5.44. The molecule has 2 aromatic rings. The minimum Gasteiger partial charge on any atom is -1.00 e. The van der Waals surface area contributed by atoms with Crippen LogP contribution in [-0.2, 0) is 18.3 Å². The Bertz CT molecular complexity index is 572. The van der Waals surface area contributed by atoms with Gasteiger partial charge in [-0.3, -0.25) is 0 Å². The minimum absolute atomic E-state index is 0. The highest BCUT2D eigenvalue weighted by Gasteiger charge is 2.47. The molecule has 112 valence electrons. The molecule has 0 bridgehead atoms. The molecule has 0 aliphatic heterocycles. The fraction of sp³-hybridized carbons (Fsp3) is 0.467. The zero-order valence-electron chi connectivity index (χ0n) is 11.6. The standard InChI is InChI=1S/C15H18F3S.BrH/c1-3-5-8-12-10-13-11(4-2)7-6-9-14(13)19(12)15(16,17)18;/h6-7,9-10H,3-5,8H2,1-2H3;1H/q+1;/p-1. The summed E-state index contributed by atoms with van der Waals surface area (Å²) in [5, 5.41) is 0.816. The Kier molecular flexibility index (Phi) is 6.07. The lowest BCUT2D eigenvalue weighted by atomic mass is 10.1. The van der Waals surface area contributed by atoms with E-state index < -0.39 is 16.0 Å². The molecule has 0 nitrogen and oxygen atoms in total. The van der Waals surface area contributed by atoms with Crippen LogP contribution in [0.5, 0.6) is 0 Å². The van der Waals surface area contributed by atoms with Gasteiger partial charge in [0, 0.05) is 17.9 Å². The van der Waals surface area contributed by atoms with Crippen molar-refractivity contribution in [2.45, 2.75) is 45.0 Å². The first-order chi connectivity index (χ1) is 8.99. The van der Waals surface area contributed by atoms with Crippen molar-refractivity contribution in [2.75, 3.05) is 0 Å². The van der Waals surface area contributed by atoms with Crippen molar-refractivity contribution < 1.29 is 30.2 Å². The van der Waals surface area contributed by atoms with Crippen LogP contribution < -0.4 is 17.0 Å². The van der Waals surface area contributed by atoms with Gasteiger partial charge in [-0.05, 0) is 24.5 Å². The maximum atomic E-state index is 13.3. The number of hydrogen-bond donors (Lipinski definition) is 0. The normalized spacial score (nSPS) is 12.6. The number of hydrogen-bond acceptors (Lipinski definition) is 0. The molecule has 5 heteroatoms. The second-order valence-electron chi connectivity index (χ2n) is 4.65. The van der Waals surface area contributed by atoms with Gasteiger partial charge >= 0.3 is 5.51 Å². The summed E-state index contributed by atoms with van der Waals surface area (Å²) in [6.45, 7) is 3.99. The summed E-state index contributed by atoms with van der Waals surface area (Å²) < 4.78 is 40.4. The van der Waals surface area contributed by atoms with Crippen molar-refractivity contribution in [3.8, 4) is 0 Å². The molecule has 2 rings (SSSR count). The largest absolute Gasteiger partial charge is 1.00 e. The molecule has 1 aromatic carbocycles. The van der Waals surface area contributed by atoms with Crippen LogP contribution >= 0.6 is 10.5 Å². The van der Waals surface area contributed by atoms with E-state index >= 15 is 0 Å². The molecular weight excluding hydrogens is 349 g/mol. The number of benzene rings is 1. The highest BCUT2D eigenvalue weighted by Crippen LogP contribution is 2.51. The van der Waals surface area contributed by atoms with E-state index in [4.69, 9.17) is 0 Å². The van der Waals surface area contributed by atoms with Crippen LogP contribution in [0.3, 0.4) is 0 Å². The fourth-order valence-electron chi connectivity index (χ4n) is 2.40. The van der Waals surface area contributed by atoms with Crippen molar-refractivity contribution >= 4 is 20.6 Å². The molecule has 0 aliphatic rings. The molecule has 1 unspecified atom stereocenters. The first-order valence-corrected chi connectivity index (χ1v) is 7.85. The SMILES string of the molecule is CCCCc1cc2c(CC)cccc2[s+]1C(F)(F)F.[Br-]. The second-order valence-corrected chi connectivity index (χ2v) is 6.69. The summed E-state index contributed by atoms with van der Waals surface area (Å²) in [6, 6.07) is 7.11. The minimum atomic E-state index is -4.16. The number of fused-ring (bicyclic) bond motifs is 1. The summed E-state index contributed by atoms with van der Waals surface area (Å²) in [4.78, 5) is 0.560. The van der Waals surface area contributed by atoms with E-state index in [9.17, 15) is 13.2 Å². The Hall–Kier alpha value is -0.550. The Labute approximate surface area is 130 Å². The lowest BCUT2D eigenvalue weighted by Crippen LogP contribution is -3.00. The van der Waals surface area contributed by atoms with E-state index in [0.717, 1.165) is 30.2 Å². The number of unbranched alkanes of at least 4 members (excludes halogenated alkanes) is 1. The van der Waals surface area contributed by atoms with Gasteiger partial charge in [-0.15, -0.1) is 13.2 Å². The Morgan fingerprint density at radius 2 is 1.85 bits per heavy atom. The van der Waals surface area contributed by atoms with Gasteiger partial charge < -0.3 is 17.0 Å². The summed E-state index contributed by atoms with van der Waals surface area (Å²) in [5.74, 6) is 0. The maximum absolute atomic E-state index is 13.3. The smallest absolute Gasteiger partial charge is 0.600 e. The van der Waals surface area contributed by atoms with Crippen LogP contribution in [0, 0.1) is 0 Å². The van der Waals surface area contributed by atoms with E-state index in [2.05, 4.69) is 0 Å². The number of rotatable bonds is 4. The van der Waals surface area contributed by atoms with Crippen molar-refractivity contribution in [1.29, 1.82) is 0 Å². The van der Waals surface area contributed by atoms with Gasteiger partial charge in [-0.2, -0.15) is 0 Å². The fourth-order valence-corrected chi connectivity index (χ4v) is 4.44. The quantitative estimate of drug-likeness (QED) is 0.729. The molecule has 0 spiro atoms. The first-order valence-electron chi connectivity index (χ1n) is 6.62. The average molecular weight is 367 g/mol. The van der Waals surface area contributed by atoms with E-state index in [1.54, 1.807) is 18.2 Å². The zero-order chi connectivity index (χ0) is 14.0. The van der Waals surface area contributed by atoms with E-state index in [0.29, 0.717) is 16.0 Å². The molecule has 0 amide bonds. The summed E-state index contributed by atoms with van der Waals surface area (Å²) in [6.07, 6.45) is 3.07. The monoisotopic (exact) mass is 366 g/mol. The number of aryl methyl sites for hydroxylation is 2. The summed E-state index contributed by atoms with van der Waals surface area (Å²) in [5.41, 5.74) is -3.14. The number of halogens is 4. The van der Waals surface area contributed by atoms with Crippen LogP contribution in [0.4, 0.5) is 13.2 Å². The van der Waals surface area contributed by atoms with Crippen LogP contribution in [0.15, 0.2) is 24.3 Å². The molecule has 0 saturated carbocycles. The molecule has 1 aromatic heterocycles. The Morgan fingerprint density at radius 1 is 1.15 bits per heavy atom. The van der Waals surface area contributed by atoms with Crippen LogP contribution in [0.2, 0.25) is 0 Å². The van der Waals surface area contributed by atoms with Crippen molar-refractivity contribution in [3.05, 3.63) is 34.7 Å². The maximum Gasteiger partial charge on any atom is 0.600 e. The molecule has 0 radical (unpaired) electrons.